The molecule has 2 aromatic carbocycles. The molecule has 2 fully saturated rings. The summed E-state index contributed by atoms with van der Waals surface area (Å²) in [5.41, 5.74) is 2.46. The number of rotatable bonds is 18. The predicted molar refractivity (Wildman–Crippen MR) is 265 cm³/mol. The van der Waals surface area contributed by atoms with E-state index in [1.807, 2.05) is 18.2 Å². The van der Waals surface area contributed by atoms with Crippen molar-refractivity contribution in [1.82, 2.24) is 28.8 Å². The molecule has 0 saturated carbocycles. The number of aliphatic carboxylic acids is 1. The highest BCUT2D eigenvalue weighted by molar-refractivity contribution is 7.89. The molecule has 4 heterocycles. The number of carboxylic acid groups (broad SMARTS) is 1. The number of carbonyl (C=O) groups excluding carboxylic acids is 1. The molecule has 0 aliphatic carbocycles. The van der Waals surface area contributed by atoms with Gasteiger partial charge in [0.05, 0.1) is 48.4 Å². The van der Waals surface area contributed by atoms with Gasteiger partial charge in [0.25, 0.3) is 0 Å². The zero-order chi connectivity index (χ0) is 51.0. The maximum absolute atomic E-state index is 13.1. The Bertz CT molecular complexity index is 2480. The summed E-state index contributed by atoms with van der Waals surface area (Å²) in [4.78, 5) is 33.1. The van der Waals surface area contributed by atoms with Gasteiger partial charge in [-0.05, 0) is 125 Å². The number of aliphatic hydroxyl groups is 2. The molecule has 0 spiro atoms. The minimum atomic E-state index is -3.72. The highest BCUT2D eigenvalue weighted by Crippen LogP contribution is 2.33. The van der Waals surface area contributed by atoms with Gasteiger partial charge in [-0.25, -0.2) is 21.6 Å². The molecule has 4 aromatic rings. The van der Waals surface area contributed by atoms with Crippen LogP contribution in [0.2, 0.25) is 0 Å². The largest absolute Gasteiger partial charge is 0.497 e. The molecule has 22 heteroatoms. The number of carboxylic acids is 1. The van der Waals surface area contributed by atoms with Crippen LogP contribution in [0.4, 0.5) is 0 Å². The smallest absolute Gasteiger partial charge is 0.329 e. The molecule has 2 saturated heterocycles. The Labute approximate surface area is 418 Å². The average molecular weight is 1040 g/mol. The molecule has 0 radical (unpaired) electrons. The Morgan fingerprint density at radius 3 is 1.43 bits per heavy atom. The minimum absolute atomic E-state index is 0. The van der Waals surface area contributed by atoms with Gasteiger partial charge in [0.15, 0.2) is 0 Å². The van der Waals surface area contributed by atoms with Crippen LogP contribution in [-0.4, -0.2) is 162 Å². The number of nitrogens with zero attached hydrogens (tertiary/aromatic N) is 5. The number of likely N-dealkylation sites (tertiary alicyclic amines) is 1. The van der Waals surface area contributed by atoms with Crippen molar-refractivity contribution in [2.45, 2.75) is 74.4 Å². The SMILES string of the molecule is COc1cc(C)c(S(=O)(=O)N(C)CCOCC(=O)N2CCC(O)(c3cccnc3)CC2)c(C)c1.COc1cc(C)c(S(=O)(=O)N(C)CCOCC(=O)O)c(C)c1.Cl.OC1(c2cccnc2)CCNCC1. The van der Waals surface area contributed by atoms with E-state index in [9.17, 15) is 36.6 Å². The number of hydrogen-bond acceptors (Lipinski definition) is 15. The Hall–Kier alpha value is -4.81. The van der Waals surface area contributed by atoms with Crippen molar-refractivity contribution < 1.29 is 60.7 Å². The molecule has 0 unspecified atom stereocenters. The number of hydrogen-bond donors (Lipinski definition) is 4. The number of likely N-dealkylation sites (N-methyl/N-ethyl adjacent to an activating group) is 2. The first-order valence-electron chi connectivity index (χ1n) is 22.4. The molecule has 388 valence electrons. The number of sulfonamides is 2. The molecule has 0 bridgehead atoms. The molecule has 4 N–H and O–H groups in total. The number of benzene rings is 2. The van der Waals surface area contributed by atoms with Crippen LogP contribution >= 0.6 is 12.4 Å². The summed E-state index contributed by atoms with van der Waals surface area (Å²) >= 11 is 0. The predicted octanol–water partition coefficient (Wildman–Crippen LogP) is 3.96. The number of aryl methyl sites for hydroxylation is 4. The third-order valence-corrected chi connectivity index (χ3v) is 16.3. The Morgan fingerprint density at radius 2 is 1.07 bits per heavy atom. The van der Waals surface area contributed by atoms with Crippen LogP contribution in [0.25, 0.3) is 0 Å². The van der Waals surface area contributed by atoms with Gasteiger partial charge in [-0.3, -0.25) is 14.8 Å². The lowest BCUT2D eigenvalue weighted by molar-refractivity contribution is -0.142. The summed E-state index contributed by atoms with van der Waals surface area (Å²) in [6.07, 6.45) is 9.19. The van der Waals surface area contributed by atoms with E-state index in [0.717, 1.165) is 41.4 Å². The van der Waals surface area contributed by atoms with E-state index in [1.54, 1.807) is 87.7 Å². The average Bonchev–Trinajstić information content (AvgIpc) is 3.32. The van der Waals surface area contributed by atoms with Gasteiger partial charge in [0.2, 0.25) is 26.0 Å². The highest BCUT2D eigenvalue weighted by atomic mass is 35.5. The summed E-state index contributed by atoms with van der Waals surface area (Å²) < 4.78 is 74.4. The third kappa shape index (κ3) is 16.1. The monoisotopic (exact) mass is 1040 g/mol. The van der Waals surface area contributed by atoms with E-state index in [4.69, 9.17) is 24.1 Å². The second-order valence-corrected chi connectivity index (χ2v) is 21.0. The summed E-state index contributed by atoms with van der Waals surface area (Å²) in [6, 6.07) is 14.1. The maximum Gasteiger partial charge on any atom is 0.329 e. The molecule has 1 amide bonds. The van der Waals surface area contributed by atoms with Gasteiger partial charge < -0.3 is 44.5 Å². The fraction of sp³-hybridized carbons (Fsp3) is 0.500. The fourth-order valence-electron chi connectivity index (χ4n) is 8.04. The van der Waals surface area contributed by atoms with E-state index in [-0.39, 0.29) is 61.0 Å². The number of nitrogens with one attached hydrogen (secondary N) is 1. The number of ether oxygens (including phenoxy) is 4. The van der Waals surface area contributed by atoms with Gasteiger partial charge >= 0.3 is 5.97 Å². The van der Waals surface area contributed by atoms with Crippen LogP contribution in [0.5, 0.6) is 11.5 Å². The van der Waals surface area contributed by atoms with E-state index in [0.29, 0.717) is 59.7 Å². The van der Waals surface area contributed by atoms with Crippen LogP contribution in [0.15, 0.2) is 83.1 Å². The van der Waals surface area contributed by atoms with E-state index in [2.05, 4.69) is 15.3 Å². The van der Waals surface area contributed by atoms with E-state index < -0.39 is 43.8 Å². The van der Waals surface area contributed by atoms with Crippen molar-refractivity contribution in [3.8, 4) is 11.5 Å². The summed E-state index contributed by atoms with van der Waals surface area (Å²) in [5.74, 6) is -0.0654. The maximum atomic E-state index is 13.1. The molecule has 2 aliphatic heterocycles. The number of aromatic nitrogens is 2. The number of halogens is 1. The zero-order valence-corrected chi connectivity index (χ0v) is 43.7. The normalized spacial score (nSPS) is 15.4. The molecule has 70 heavy (non-hydrogen) atoms. The second-order valence-electron chi connectivity index (χ2n) is 17.0. The lowest BCUT2D eigenvalue weighted by Crippen LogP contribution is -2.46. The number of carbonyl (C=O) groups is 2. The molecule has 2 aromatic heterocycles. The number of pyridine rings is 2. The van der Waals surface area contributed by atoms with E-state index >= 15 is 0 Å². The number of methoxy groups -OCH3 is 2. The highest BCUT2D eigenvalue weighted by Gasteiger charge is 2.36. The summed E-state index contributed by atoms with van der Waals surface area (Å²) in [7, 11) is -1.40. The van der Waals surface area contributed by atoms with Gasteiger partial charge in [0, 0.05) is 76.2 Å². The molecule has 2 aliphatic rings. The zero-order valence-electron chi connectivity index (χ0n) is 41.2. The van der Waals surface area contributed by atoms with Crippen molar-refractivity contribution in [1.29, 1.82) is 0 Å². The molecular formula is C48H69ClN6O13S2. The van der Waals surface area contributed by atoms with Crippen LogP contribution in [0.3, 0.4) is 0 Å². The lowest BCUT2D eigenvalue weighted by Gasteiger charge is -2.38. The Kier molecular flexibility index (Phi) is 23.1. The van der Waals surface area contributed by atoms with Gasteiger partial charge in [-0.1, -0.05) is 12.1 Å². The molecule has 6 rings (SSSR count). The van der Waals surface area contributed by atoms with Crippen LogP contribution in [0, 0.1) is 27.7 Å². The topological polar surface area (TPSA) is 248 Å². The fourth-order valence-corrected chi connectivity index (χ4v) is 11.2. The first-order valence-corrected chi connectivity index (χ1v) is 25.3. The second kappa shape index (κ2) is 27.1. The van der Waals surface area contributed by atoms with Crippen molar-refractivity contribution >= 4 is 44.3 Å². The quantitative estimate of drug-likeness (QED) is 0.103. The van der Waals surface area contributed by atoms with Crippen LogP contribution in [0.1, 0.15) is 59.1 Å². The minimum Gasteiger partial charge on any atom is -0.497 e. The standard InChI is InChI=1S/C24H33N3O6S.C14H21NO6S.C10H14N2O.ClH/c1-18-14-21(32-4)15-19(2)23(18)34(30,31)26(3)12-13-33-17-22(28)27-10-7-24(29,8-11-27)20-6-5-9-25-16-20;1-10-7-12(20-4)8-11(2)14(10)22(18,19)15(3)5-6-21-9-13(16)17;13-10(3-6-11-7-4-10)9-2-1-5-12-8-9;/h5-6,9,14-16,29H,7-8,10-13,17H2,1-4H3;7-8H,5-6,9H2,1-4H3,(H,16,17);1-2,5,8,11,13H,3-4,6-7H2;1H. The summed E-state index contributed by atoms with van der Waals surface area (Å²) in [5, 5.41) is 32.8. The van der Waals surface area contributed by atoms with Crippen molar-refractivity contribution in [2.75, 3.05) is 94.0 Å². The third-order valence-electron chi connectivity index (χ3n) is 12.0. The molecular weight excluding hydrogens is 968 g/mol. The van der Waals surface area contributed by atoms with E-state index in [1.165, 1.54) is 32.6 Å². The molecule has 0 atom stereocenters. The first-order chi connectivity index (χ1) is 32.6. The molecule has 19 nitrogen and oxygen atoms in total. The summed E-state index contributed by atoms with van der Waals surface area (Å²) in [6.45, 7) is 9.16. The lowest BCUT2D eigenvalue weighted by atomic mass is 9.85. The van der Waals surface area contributed by atoms with Crippen molar-refractivity contribution in [2.24, 2.45) is 0 Å². The van der Waals surface area contributed by atoms with Crippen molar-refractivity contribution in [3.63, 3.8) is 0 Å². The number of amides is 1. The van der Waals surface area contributed by atoms with Gasteiger partial charge in [0.1, 0.15) is 24.7 Å². The Morgan fingerprint density at radius 1 is 0.686 bits per heavy atom. The van der Waals surface area contributed by atoms with Gasteiger partial charge in [-0.2, -0.15) is 8.61 Å². The first kappa shape index (κ1) is 59.5. The van der Waals surface area contributed by atoms with Gasteiger partial charge in [-0.15, -0.1) is 12.4 Å². The van der Waals surface area contributed by atoms with Crippen molar-refractivity contribution in [3.05, 3.63) is 107 Å². The number of piperidine rings is 2. The van der Waals surface area contributed by atoms with Crippen LogP contribution < -0.4 is 14.8 Å². The Balaban J connectivity index is 0.000000307. The van der Waals surface area contributed by atoms with Crippen LogP contribution in [-0.2, 0) is 50.3 Å².